The first-order valence-corrected chi connectivity index (χ1v) is 11.4. The maximum absolute atomic E-state index is 13.7. The molecule has 5 heteroatoms. The van der Waals surface area contributed by atoms with E-state index >= 15 is 0 Å². The molecule has 3 aromatic carbocycles. The van der Waals surface area contributed by atoms with Crippen LogP contribution in [-0.2, 0) is 19.0 Å². The third-order valence-corrected chi connectivity index (χ3v) is 7.52. The Morgan fingerprint density at radius 1 is 1.00 bits per heavy atom. The van der Waals surface area contributed by atoms with E-state index in [2.05, 4.69) is 6.07 Å². The fraction of sp³-hybridized carbons (Fsp3) is 0.357. The molecular weight excluding hydrogens is 428 g/mol. The van der Waals surface area contributed by atoms with Crippen LogP contribution in [-0.4, -0.2) is 5.11 Å². The average Bonchev–Trinajstić information content (AvgIpc) is 2.74. The van der Waals surface area contributed by atoms with Crippen molar-refractivity contribution >= 4 is 0 Å². The van der Waals surface area contributed by atoms with Crippen LogP contribution in [0.3, 0.4) is 0 Å². The highest BCUT2D eigenvalue weighted by molar-refractivity contribution is 5.75. The highest BCUT2D eigenvalue weighted by Gasteiger charge is 2.44. The third-order valence-electron chi connectivity index (χ3n) is 7.52. The van der Waals surface area contributed by atoms with E-state index in [4.69, 9.17) is 0 Å². The van der Waals surface area contributed by atoms with E-state index in [1.807, 2.05) is 6.92 Å². The van der Waals surface area contributed by atoms with Crippen LogP contribution in [0.25, 0.3) is 11.1 Å². The quantitative estimate of drug-likeness (QED) is 0.405. The number of aryl methyl sites for hydroxylation is 1. The number of halogens is 4. The van der Waals surface area contributed by atoms with Crippen LogP contribution < -0.4 is 0 Å². The van der Waals surface area contributed by atoms with Gasteiger partial charge in [0.25, 0.3) is 0 Å². The molecule has 172 valence electrons. The Kier molecular flexibility index (Phi) is 5.36. The monoisotopic (exact) mass is 454 g/mol. The summed E-state index contributed by atoms with van der Waals surface area (Å²) in [5.41, 5.74) is 6.01. The molecule has 0 saturated heterocycles. The number of aliphatic hydroxyl groups excluding tert-OH is 1. The second kappa shape index (κ2) is 7.98. The second-order valence-corrected chi connectivity index (χ2v) is 9.75. The van der Waals surface area contributed by atoms with Crippen LogP contribution >= 0.6 is 0 Å². The standard InChI is InChI=1S/C28H26F4O/c1-17-13-20-15-27(11-2-12-27)16-24(33)26(20)25(19-5-9-22(29)10-6-19)23(17)14-18-3-7-21(8-4-18)28(30,31)32/h3-10,13,24,33H,2,11-12,14-16H2,1H3/t24-/m0/s1. The number of alkyl halides is 3. The summed E-state index contributed by atoms with van der Waals surface area (Å²) in [6, 6.07) is 13.6. The van der Waals surface area contributed by atoms with Crippen molar-refractivity contribution in [1.82, 2.24) is 0 Å². The van der Waals surface area contributed by atoms with Crippen molar-refractivity contribution in [3.8, 4) is 11.1 Å². The summed E-state index contributed by atoms with van der Waals surface area (Å²) >= 11 is 0. The summed E-state index contributed by atoms with van der Waals surface area (Å²) in [6.45, 7) is 2.02. The molecule has 33 heavy (non-hydrogen) atoms. The van der Waals surface area contributed by atoms with Gasteiger partial charge in [0.05, 0.1) is 11.7 Å². The Hall–Kier alpha value is -2.66. The molecule has 0 bridgehead atoms. The van der Waals surface area contributed by atoms with Crippen molar-refractivity contribution in [2.24, 2.45) is 5.41 Å². The molecular formula is C28H26F4O. The molecule has 1 saturated carbocycles. The Bertz CT molecular complexity index is 1170. The van der Waals surface area contributed by atoms with Gasteiger partial charge in [0.2, 0.25) is 0 Å². The van der Waals surface area contributed by atoms with Crippen molar-refractivity contribution in [2.75, 3.05) is 0 Å². The summed E-state index contributed by atoms with van der Waals surface area (Å²) in [4.78, 5) is 0. The smallest absolute Gasteiger partial charge is 0.388 e. The summed E-state index contributed by atoms with van der Waals surface area (Å²) in [5, 5.41) is 11.3. The minimum absolute atomic E-state index is 0.174. The van der Waals surface area contributed by atoms with Gasteiger partial charge >= 0.3 is 6.18 Å². The molecule has 2 aliphatic rings. The predicted molar refractivity (Wildman–Crippen MR) is 120 cm³/mol. The first-order chi connectivity index (χ1) is 15.7. The summed E-state index contributed by atoms with van der Waals surface area (Å²) in [6.07, 6.45) is 0.539. The van der Waals surface area contributed by atoms with Gasteiger partial charge in [0, 0.05) is 0 Å². The predicted octanol–water partition coefficient (Wildman–Crippen LogP) is 7.56. The molecule has 0 aliphatic heterocycles. The Labute approximate surface area is 191 Å². The largest absolute Gasteiger partial charge is 0.416 e. The Morgan fingerprint density at radius 3 is 2.24 bits per heavy atom. The SMILES string of the molecule is Cc1cc2c(c(-c3ccc(F)cc3)c1Cc1ccc(C(F)(F)F)cc1)[C@@H](O)CC1(CCC1)C2. The van der Waals surface area contributed by atoms with Gasteiger partial charge < -0.3 is 5.11 Å². The molecule has 1 spiro atoms. The number of aliphatic hydroxyl groups is 1. The van der Waals surface area contributed by atoms with Crippen LogP contribution in [0, 0.1) is 18.2 Å². The van der Waals surface area contributed by atoms with Crippen molar-refractivity contribution in [1.29, 1.82) is 0 Å². The van der Waals surface area contributed by atoms with Crippen molar-refractivity contribution in [3.63, 3.8) is 0 Å². The molecule has 1 fully saturated rings. The summed E-state index contributed by atoms with van der Waals surface area (Å²) in [5.74, 6) is -0.335. The van der Waals surface area contributed by atoms with Crippen molar-refractivity contribution in [2.45, 2.75) is 57.7 Å². The molecule has 0 aromatic heterocycles. The van der Waals surface area contributed by atoms with E-state index in [9.17, 15) is 22.7 Å². The van der Waals surface area contributed by atoms with Gasteiger partial charge in [-0.1, -0.05) is 36.8 Å². The maximum Gasteiger partial charge on any atom is 0.416 e. The van der Waals surface area contributed by atoms with Crippen LogP contribution in [0.1, 0.15) is 65.2 Å². The molecule has 0 amide bonds. The number of hydrogen-bond donors (Lipinski definition) is 1. The van der Waals surface area contributed by atoms with Gasteiger partial charge in [-0.3, -0.25) is 0 Å². The Morgan fingerprint density at radius 2 is 1.67 bits per heavy atom. The molecule has 0 heterocycles. The fourth-order valence-corrected chi connectivity index (χ4v) is 5.71. The maximum atomic E-state index is 13.7. The van der Waals surface area contributed by atoms with Crippen molar-refractivity contribution in [3.05, 3.63) is 93.8 Å². The highest BCUT2D eigenvalue weighted by Crippen LogP contribution is 2.55. The number of fused-ring (bicyclic) bond motifs is 1. The fourth-order valence-electron chi connectivity index (χ4n) is 5.71. The minimum atomic E-state index is -4.37. The third kappa shape index (κ3) is 4.08. The second-order valence-electron chi connectivity index (χ2n) is 9.75. The lowest BCUT2D eigenvalue weighted by molar-refractivity contribution is -0.137. The summed E-state index contributed by atoms with van der Waals surface area (Å²) in [7, 11) is 0. The van der Waals surface area contributed by atoms with Gasteiger partial charge in [-0.2, -0.15) is 13.2 Å². The van der Waals surface area contributed by atoms with Gasteiger partial charge in [-0.05, 0) is 108 Å². The average molecular weight is 455 g/mol. The van der Waals surface area contributed by atoms with E-state index in [1.54, 1.807) is 12.1 Å². The molecule has 1 atom stereocenters. The number of benzene rings is 3. The minimum Gasteiger partial charge on any atom is -0.388 e. The molecule has 1 N–H and O–H groups in total. The van der Waals surface area contributed by atoms with E-state index < -0.39 is 17.8 Å². The molecule has 0 radical (unpaired) electrons. The van der Waals surface area contributed by atoms with E-state index in [-0.39, 0.29) is 11.2 Å². The van der Waals surface area contributed by atoms with E-state index in [0.717, 1.165) is 76.8 Å². The lowest BCUT2D eigenvalue weighted by Crippen LogP contribution is -2.37. The van der Waals surface area contributed by atoms with Crippen LogP contribution in [0.5, 0.6) is 0 Å². The van der Waals surface area contributed by atoms with Crippen LogP contribution in [0.15, 0.2) is 54.6 Å². The molecule has 2 aliphatic carbocycles. The van der Waals surface area contributed by atoms with E-state index in [1.165, 1.54) is 30.7 Å². The molecule has 5 rings (SSSR count). The zero-order valence-corrected chi connectivity index (χ0v) is 18.5. The first kappa shape index (κ1) is 22.1. The van der Waals surface area contributed by atoms with Gasteiger partial charge in [0.1, 0.15) is 5.82 Å². The first-order valence-electron chi connectivity index (χ1n) is 11.4. The van der Waals surface area contributed by atoms with Crippen LogP contribution in [0.4, 0.5) is 17.6 Å². The normalized spacial score (nSPS) is 19.3. The van der Waals surface area contributed by atoms with E-state index in [0.29, 0.717) is 6.42 Å². The molecule has 3 aromatic rings. The van der Waals surface area contributed by atoms with Crippen molar-refractivity contribution < 1.29 is 22.7 Å². The zero-order chi connectivity index (χ0) is 23.4. The molecule has 0 unspecified atom stereocenters. The molecule has 1 nitrogen and oxygen atoms in total. The van der Waals surface area contributed by atoms with Gasteiger partial charge in [-0.25, -0.2) is 4.39 Å². The zero-order valence-electron chi connectivity index (χ0n) is 18.5. The lowest BCUT2D eigenvalue weighted by atomic mass is 9.58. The number of hydrogen-bond acceptors (Lipinski definition) is 1. The van der Waals surface area contributed by atoms with Gasteiger partial charge in [0.15, 0.2) is 0 Å². The Balaban J connectivity index is 1.63. The number of rotatable bonds is 3. The topological polar surface area (TPSA) is 20.2 Å². The lowest BCUT2D eigenvalue weighted by Gasteiger charge is -2.48. The van der Waals surface area contributed by atoms with Crippen LogP contribution in [0.2, 0.25) is 0 Å². The summed E-state index contributed by atoms with van der Waals surface area (Å²) < 4.78 is 52.7. The van der Waals surface area contributed by atoms with Gasteiger partial charge in [-0.15, -0.1) is 0 Å². The highest BCUT2D eigenvalue weighted by atomic mass is 19.4.